The van der Waals surface area contributed by atoms with Gasteiger partial charge in [0.25, 0.3) is 11.8 Å². The Labute approximate surface area is 198 Å². The zero-order valence-corrected chi connectivity index (χ0v) is 20.4. The maximum atomic E-state index is 12.2. The molecule has 0 aliphatic rings. The summed E-state index contributed by atoms with van der Waals surface area (Å²) in [7, 11) is 0. The van der Waals surface area contributed by atoms with Crippen LogP contribution in [0, 0.1) is 0 Å². The van der Waals surface area contributed by atoms with Gasteiger partial charge in [-0.1, -0.05) is 50.0 Å². The topological polar surface area (TPSA) is 79.5 Å². The number of rotatable bonds is 4. The Morgan fingerprint density at radius 2 is 1.70 bits per heavy atom. The molecule has 0 aliphatic heterocycles. The van der Waals surface area contributed by atoms with Crippen LogP contribution in [-0.2, 0) is 10.2 Å². The van der Waals surface area contributed by atoms with Crippen molar-refractivity contribution in [2.75, 3.05) is 6.61 Å². The van der Waals surface area contributed by atoms with Gasteiger partial charge in [0.15, 0.2) is 11.7 Å². The summed E-state index contributed by atoms with van der Waals surface area (Å²) in [6.45, 7) is 6.08. The number of hydrogen-bond donors (Lipinski definition) is 3. The Morgan fingerprint density at radius 1 is 1.07 bits per heavy atom. The minimum atomic E-state index is -0.523. The molecule has 0 radical (unpaired) electrons. The van der Waals surface area contributed by atoms with Crippen LogP contribution in [0.4, 0.5) is 0 Å². The van der Waals surface area contributed by atoms with Gasteiger partial charge in [0.1, 0.15) is 5.75 Å². The van der Waals surface area contributed by atoms with Gasteiger partial charge in [-0.25, -0.2) is 0 Å². The van der Waals surface area contributed by atoms with Crippen LogP contribution in [0.3, 0.4) is 0 Å². The second-order valence-corrected chi connectivity index (χ2v) is 9.43. The molecule has 6 nitrogen and oxygen atoms in total. The van der Waals surface area contributed by atoms with E-state index in [1.807, 2.05) is 12.1 Å². The van der Waals surface area contributed by atoms with Crippen LogP contribution in [0.15, 0.2) is 40.9 Å². The van der Waals surface area contributed by atoms with Gasteiger partial charge in [-0.15, -0.1) is 0 Å². The van der Waals surface area contributed by atoms with Crippen LogP contribution < -0.4 is 20.9 Å². The number of amides is 2. The third kappa shape index (κ3) is 7.43. The summed E-state index contributed by atoms with van der Waals surface area (Å²) in [5, 5.41) is 2.95. The monoisotopic (exact) mass is 531 g/mol. The minimum Gasteiger partial charge on any atom is -0.483 e. The molecular weight excluding hydrogens is 513 g/mol. The van der Waals surface area contributed by atoms with E-state index in [2.05, 4.69) is 52.9 Å². The Morgan fingerprint density at radius 3 is 2.27 bits per heavy atom. The maximum Gasteiger partial charge on any atom is 0.276 e. The standard InChI is InChI=1S/C20H20BrCl2N3O3S/c1-20(2,3)12-4-5-16(15(21)8-12)29-10-17(27)25-26-19(30)24-18(28)11-6-13(22)9-14(23)7-11/h4-9H,10H2,1-3H3,(H,25,27)(H2,24,26,28,30). The molecule has 0 aliphatic carbocycles. The number of carbonyl (C=O) groups excluding carboxylic acids is 2. The molecule has 0 saturated carbocycles. The van der Waals surface area contributed by atoms with E-state index in [1.165, 1.54) is 18.2 Å². The first-order valence-corrected chi connectivity index (χ1v) is 10.7. The van der Waals surface area contributed by atoms with Gasteiger partial charge >= 0.3 is 0 Å². The first-order chi connectivity index (χ1) is 14.0. The van der Waals surface area contributed by atoms with Gasteiger partial charge in [0.05, 0.1) is 4.47 Å². The first-order valence-electron chi connectivity index (χ1n) is 8.75. The zero-order chi connectivity index (χ0) is 22.5. The van der Waals surface area contributed by atoms with Gasteiger partial charge in [-0.2, -0.15) is 0 Å². The van der Waals surface area contributed by atoms with Gasteiger partial charge in [-0.05, 0) is 69.5 Å². The number of hydrogen-bond acceptors (Lipinski definition) is 4. The normalized spacial score (nSPS) is 10.9. The van der Waals surface area contributed by atoms with E-state index in [4.69, 9.17) is 40.2 Å². The fourth-order valence-corrected chi connectivity index (χ4v) is 3.44. The molecule has 10 heteroatoms. The van der Waals surface area contributed by atoms with Crippen molar-refractivity contribution >= 4 is 68.3 Å². The third-order valence-corrected chi connectivity index (χ3v) is 5.08. The van der Waals surface area contributed by atoms with Crippen molar-refractivity contribution in [1.29, 1.82) is 0 Å². The average molecular weight is 533 g/mol. The number of carbonyl (C=O) groups is 2. The maximum absolute atomic E-state index is 12.2. The summed E-state index contributed by atoms with van der Waals surface area (Å²) < 4.78 is 6.27. The predicted octanol–water partition coefficient (Wildman–Crippen LogP) is 4.77. The van der Waals surface area contributed by atoms with E-state index in [1.54, 1.807) is 6.07 Å². The molecule has 0 aromatic heterocycles. The first kappa shape index (κ1) is 24.4. The Kier molecular flexibility index (Phi) is 8.49. The lowest BCUT2D eigenvalue weighted by Crippen LogP contribution is -2.49. The van der Waals surface area contributed by atoms with Gasteiger partial charge in [-0.3, -0.25) is 25.8 Å². The van der Waals surface area contributed by atoms with Gasteiger partial charge in [0, 0.05) is 15.6 Å². The number of thiocarbonyl (C=S) groups is 1. The number of halogens is 3. The Balaban J connectivity index is 1.81. The molecule has 0 heterocycles. The predicted molar refractivity (Wildman–Crippen MR) is 126 cm³/mol. The van der Waals surface area contributed by atoms with Gasteiger partial charge in [0.2, 0.25) is 0 Å². The molecule has 160 valence electrons. The smallest absolute Gasteiger partial charge is 0.276 e. The third-order valence-electron chi connectivity index (χ3n) is 3.82. The molecule has 0 unspecified atom stereocenters. The Bertz CT molecular complexity index is 960. The molecule has 0 spiro atoms. The summed E-state index contributed by atoms with van der Waals surface area (Å²) >= 11 is 20.2. The summed E-state index contributed by atoms with van der Waals surface area (Å²) in [4.78, 5) is 24.1. The molecule has 0 fully saturated rings. The number of nitrogens with one attached hydrogen (secondary N) is 3. The van der Waals surface area contributed by atoms with Crippen molar-refractivity contribution in [1.82, 2.24) is 16.2 Å². The van der Waals surface area contributed by atoms with Crippen LogP contribution >= 0.6 is 51.3 Å². The van der Waals surface area contributed by atoms with Crippen molar-refractivity contribution < 1.29 is 14.3 Å². The lowest BCUT2D eigenvalue weighted by Gasteiger charge is -2.20. The van der Waals surface area contributed by atoms with E-state index in [9.17, 15) is 9.59 Å². The van der Waals surface area contributed by atoms with Crippen molar-refractivity contribution in [2.45, 2.75) is 26.2 Å². The summed E-state index contributed by atoms with van der Waals surface area (Å²) in [5.74, 6) is -0.471. The number of ether oxygens (including phenoxy) is 1. The highest BCUT2D eigenvalue weighted by Gasteiger charge is 2.16. The molecule has 2 rings (SSSR count). The SMILES string of the molecule is CC(C)(C)c1ccc(OCC(=O)NNC(=S)NC(=O)c2cc(Cl)cc(Cl)c2)c(Br)c1. The molecule has 0 atom stereocenters. The van der Waals surface area contributed by atoms with E-state index >= 15 is 0 Å². The largest absolute Gasteiger partial charge is 0.483 e. The second-order valence-electron chi connectivity index (χ2n) is 7.30. The molecule has 0 saturated heterocycles. The van der Waals surface area contributed by atoms with Crippen molar-refractivity contribution in [3.8, 4) is 5.75 Å². The highest BCUT2D eigenvalue weighted by Crippen LogP contribution is 2.31. The van der Waals surface area contributed by atoms with Crippen LogP contribution in [0.5, 0.6) is 5.75 Å². The molecule has 30 heavy (non-hydrogen) atoms. The van der Waals surface area contributed by atoms with E-state index < -0.39 is 11.8 Å². The summed E-state index contributed by atoms with van der Waals surface area (Å²) in [6, 6.07) is 10.1. The number of hydrazine groups is 1. The van der Waals surface area contributed by atoms with Gasteiger partial charge < -0.3 is 4.74 Å². The lowest BCUT2D eigenvalue weighted by atomic mass is 9.87. The van der Waals surface area contributed by atoms with Crippen LogP contribution in [0.25, 0.3) is 0 Å². The number of benzene rings is 2. The van der Waals surface area contributed by atoms with Crippen molar-refractivity contribution in [2.24, 2.45) is 0 Å². The summed E-state index contributed by atoms with van der Waals surface area (Å²) in [5.41, 5.74) is 6.15. The molecule has 2 aromatic carbocycles. The van der Waals surface area contributed by atoms with Crippen molar-refractivity contribution in [3.05, 3.63) is 62.0 Å². The minimum absolute atomic E-state index is 0.00110. The molecular formula is C20H20BrCl2N3O3S. The lowest BCUT2D eigenvalue weighted by molar-refractivity contribution is -0.123. The quantitative estimate of drug-likeness (QED) is 0.390. The fourth-order valence-electron chi connectivity index (χ4n) is 2.28. The van der Waals surface area contributed by atoms with E-state index in [0.29, 0.717) is 15.8 Å². The average Bonchev–Trinajstić information content (AvgIpc) is 2.63. The highest BCUT2D eigenvalue weighted by atomic mass is 79.9. The second kappa shape index (κ2) is 10.4. The van der Waals surface area contributed by atoms with Crippen LogP contribution in [0.2, 0.25) is 10.0 Å². The molecule has 2 aromatic rings. The molecule has 0 bridgehead atoms. The van der Waals surface area contributed by atoms with Crippen LogP contribution in [0.1, 0.15) is 36.7 Å². The van der Waals surface area contributed by atoms with Crippen molar-refractivity contribution in [3.63, 3.8) is 0 Å². The highest BCUT2D eigenvalue weighted by molar-refractivity contribution is 9.10. The molecule has 3 N–H and O–H groups in total. The van der Waals surface area contributed by atoms with Crippen LogP contribution in [-0.4, -0.2) is 23.5 Å². The Hall–Kier alpha value is -1.87. The van der Waals surface area contributed by atoms with E-state index in [-0.39, 0.29) is 22.7 Å². The zero-order valence-electron chi connectivity index (χ0n) is 16.4. The summed E-state index contributed by atoms with van der Waals surface area (Å²) in [6.07, 6.45) is 0. The molecule has 2 amide bonds. The fraction of sp³-hybridized carbons (Fsp3) is 0.250. The van der Waals surface area contributed by atoms with E-state index in [0.717, 1.165) is 10.0 Å².